The van der Waals surface area contributed by atoms with Crippen LogP contribution in [0.4, 0.5) is 0 Å². The van der Waals surface area contributed by atoms with Gasteiger partial charge in [-0.3, -0.25) is 10.1 Å². The molecule has 0 heterocycles. The lowest BCUT2D eigenvalue weighted by Gasteiger charge is -1.96. The average molecular weight is 250 g/mol. The first kappa shape index (κ1) is 13.3. The van der Waals surface area contributed by atoms with E-state index in [0.29, 0.717) is 0 Å². The Morgan fingerprint density at radius 1 is 1.53 bits per heavy atom. The zero-order valence-corrected chi connectivity index (χ0v) is 8.64. The van der Waals surface area contributed by atoms with Crippen molar-refractivity contribution >= 4 is 15.2 Å². The maximum atomic E-state index is 10.6. The molecule has 1 aliphatic carbocycles. The van der Waals surface area contributed by atoms with Crippen LogP contribution in [0, 0.1) is 15.5 Å². The molecule has 1 rings (SSSR count). The third-order valence-corrected chi connectivity index (χ3v) is 2.30. The molecule has 1 atom stereocenters. The Hall–Kier alpha value is -1.72. The zero-order chi connectivity index (χ0) is 10.7. The van der Waals surface area contributed by atoms with Gasteiger partial charge in [-0.15, -0.1) is 0 Å². The van der Waals surface area contributed by atoms with E-state index in [-0.39, 0.29) is 23.0 Å². The Kier molecular flexibility index (Phi) is 4.63. The van der Waals surface area contributed by atoms with Crippen molar-refractivity contribution < 1.29 is 25.7 Å². The molecule has 0 aliphatic heterocycles. The number of nitrogens with zero attached hydrogens (tertiary/aromatic N) is 3. The summed E-state index contributed by atoms with van der Waals surface area (Å²) in [4.78, 5) is 12.0. The third-order valence-electron chi connectivity index (χ3n) is 1.56. The van der Waals surface area contributed by atoms with E-state index < -0.39 is 21.3 Å². The number of diazo groups is 1. The topological polar surface area (TPSA) is 105 Å². The second-order valence-corrected chi connectivity index (χ2v) is 3.32. The SMILES string of the molecule is N#[N+]C1C=CC([N+](=O)[O-])=CC1=S(=O)=O.[Cl-]. The van der Waals surface area contributed by atoms with Crippen LogP contribution in [0.1, 0.15) is 0 Å². The molecule has 0 aromatic heterocycles. The maximum absolute atomic E-state index is 10.6. The van der Waals surface area contributed by atoms with Gasteiger partial charge in [0.1, 0.15) is 4.98 Å². The molecule has 0 fully saturated rings. The van der Waals surface area contributed by atoms with Gasteiger partial charge in [-0.2, -0.15) is 8.42 Å². The maximum Gasteiger partial charge on any atom is 0.372 e. The molecule has 15 heavy (non-hydrogen) atoms. The van der Waals surface area contributed by atoms with Gasteiger partial charge in [0.05, 0.1) is 4.92 Å². The number of hydrogen-bond acceptors (Lipinski definition) is 5. The van der Waals surface area contributed by atoms with Gasteiger partial charge in [0.25, 0.3) is 5.70 Å². The highest BCUT2D eigenvalue weighted by Gasteiger charge is 2.31. The fraction of sp³-hybridized carbons (Fsp3) is 0.167. The van der Waals surface area contributed by atoms with E-state index in [2.05, 4.69) is 4.98 Å². The number of rotatable bonds is 1. The predicted molar refractivity (Wildman–Crippen MR) is 47.0 cm³/mol. The van der Waals surface area contributed by atoms with Gasteiger partial charge in [-0.1, -0.05) is 0 Å². The quantitative estimate of drug-likeness (QED) is 0.213. The van der Waals surface area contributed by atoms with Crippen LogP contribution in [0.5, 0.6) is 0 Å². The van der Waals surface area contributed by atoms with Crippen molar-refractivity contribution in [3.8, 4) is 0 Å². The van der Waals surface area contributed by atoms with Gasteiger partial charge in [0, 0.05) is 18.2 Å². The molecule has 0 bridgehead atoms. The minimum atomic E-state index is -2.64. The Bertz CT molecular complexity index is 505. The Morgan fingerprint density at radius 2 is 2.13 bits per heavy atom. The summed E-state index contributed by atoms with van der Waals surface area (Å²) in [6.45, 7) is 0. The van der Waals surface area contributed by atoms with Crippen LogP contribution in [-0.4, -0.2) is 24.2 Å². The van der Waals surface area contributed by atoms with E-state index in [9.17, 15) is 18.5 Å². The lowest BCUT2D eigenvalue weighted by Crippen LogP contribution is -3.00. The molecular formula is C6H4ClN3O4S. The summed E-state index contributed by atoms with van der Waals surface area (Å²) in [6.07, 6.45) is 3.07. The second-order valence-electron chi connectivity index (χ2n) is 2.38. The highest BCUT2D eigenvalue weighted by molar-refractivity contribution is 7.73. The summed E-state index contributed by atoms with van der Waals surface area (Å²) in [6, 6.07) is -1.06. The summed E-state index contributed by atoms with van der Waals surface area (Å²) < 4.78 is 21.2. The molecule has 9 heteroatoms. The van der Waals surface area contributed by atoms with E-state index in [1.807, 2.05) is 0 Å². The fourth-order valence-electron chi connectivity index (χ4n) is 0.919. The van der Waals surface area contributed by atoms with Crippen LogP contribution in [0.2, 0.25) is 0 Å². The van der Waals surface area contributed by atoms with E-state index >= 15 is 0 Å². The smallest absolute Gasteiger partial charge is 0.372 e. The number of nitro groups is 1. The van der Waals surface area contributed by atoms with Crippen molar-refractivity contribution in [2.75, 3.05) is 0 Å². The largest absolute Gasteiger partial charge is 1.00 e. The highest BCUT2D eigenvalue weighted by atomic mass is 35.5. The molecule has 0 saturated heterocycles. The summed E-state index contributed by atoms with van der Waals surface area (Å²) in [7, 11) is -2.64. The van der Waals surface area contributed by atoms with Gasteiger partial charge in [-0.05, 0) is 0 Å². The van der Waals surface area contributed by atoms with Gasteiger partial charge >= 0.3 is 6.04 Å². The van der Waals surface area contributed by atoms with Crippen molar-refractivity contribution in [3.63, 3.8) is 0 Å². The first-order chi connectivity index (χ1) is 6.56. The second kappa shape index (κ2) is 5.23. The van der Waals surface area contributed by atoms with Crippen molar-refractivity contribution in [1.29, 1.82) is 5.39 Å². The highest BCUT2D eigenvalue weighted by Crippen LogP contribution is 2.11. The molecular weight excluding hydrogens is 246 g/mol. The summed E-state index contributed by atoms with van der Waals surface area (Å²) in [5.74, 6) is 0. The molecule has 0 saturated carbocycles. The third kappa shape index (κ3) is 2.87. The van der Waals surface area contributed by atoms with E-state index in [1.54, 1.807) is 0 Å². The molecule has 7 nitrogen and oxygen atoms in total. The molecule has 80 valence electrons. The standard InChI is InChI=1S/C6H4N3O4S.ClH/c7-8-5-2-1-4(9(10)11)3-6(5)14(12)13;/h1-3,5H;1H/q+1;/p-1. The average Bonchev–Trinajstić information content (AvgIpc) is 2.16. The van der Waals surface area contributed by atoms with Gasteiger partial charge in [0.2, 0.25) is 15.7 Å². The van der Waals surface area contributed by atoms with Crippen LogP contribution >= 0.6 is 0 Å². The number of halogens is 1. The van der Waals surface area contributed by atoms with E-state index in [1.165, 1.54) is 0 Å². The Balaban J connectivity index is 0.00000196. The van der Waals surface area contributed by atoms with Crippen molar-refractivity contribution in [3.05, 3.63) is 39.0 Å². The van der Waals surface area contributed by atoms with Crippen LogP contribution in [0.3, 0.4) is 0 Å². The molecule has 1 unspecified atom stereocenters. The molecule has 0 aromatic rings. The minimum absolute atomic E-state index is 0. The lowest BCUT2D eigenvalue weighted by molar-refractivity contribution is -0.418. The normalized spacial score (nSPS) is 18.5. The lowest BCUT2D eigenvalue weighted by atomic mass is 10.1. The molecule has 0 aromatic carbocycles. The predicted octanol–water partition coefficient (Wildman–Crippen LogP) is -3.01. The number of hydrogen-bond donors (Lipinski definition) is 0. The molecule has 0 amide bonds. The fourth-order valence-corrected chi connectivity index (χ4v) is 1.46. The van der Waals surface area contributed by atoms with Gasteiger partial charge < -0.3 is 12.4 Å². The summed E-state index contributed by atoms with van der Waals surface area (Å²) in [5.41, 5.74) is -0.357. The van der Waals surface area contributed by atoms with Crippen molar-refractivity contribution in [1.82, 2.24) is 0 Å². The number of allylic oxidation sites excluding steroid dienone is 1. The molecule has 0 radical (unpaired) electrons. The minimum Gasteiger partial charge on any atom is -1.00 e. The van der Waals surface area contributed by atoms with Gasteiger partial charge in [0.15, 0.2) is 4.86 Å². The van der Waals surface area contributed by atoms with Crippen molar-refractivity contribution in [2.24, 2.45) is 0 Å². The monoisotopic (exact) mass is 249 g/mol. The van der Waals surface area contributed by atoms with Crippen LogP contribution in [0.25, 0.3) is 4.98 Å². The van der Waals surface area contributed by atoms with Crippen LogP contribution < -0.4 is 12.4 Å². The zero-order valence-electron chi connectivity index (χ0n) is 7.07. The van der Waals surface area contributed by atoms with Crippen LogP contribution in [0.15, 0.2) is 23.9 Å². The summed E-state index contributed by atoms with van der Waals surface area (Å²) >= 11 is 0. The summed E-state index contributed by atoms with van der Waals surface area (Å²) in [5, 5.41) is 18.7. The van der Waals surface area contributed by atoms with E-state index in [0.717, 1.165) is 18.2 Å². The molecule has 1 aliphatic rings. The molecule has 0 spiro atoms. The Morgan fingerprint density at radius 3 is 2.53 bits per heavy atom. The Labute approximate surface area is 91.8 Å². The van der Waals surface area contributed by atoms with Crippen molar-refractivity contribution in [2.45, 2.75) is 6.04 Å². The molecule has 0 N–H and O–H groups in total. The van der Waals surface area contributed by atoms with Crippen LogP contribution in [-0.2, 0) is 10.3 Å². The van der Waals surface area contributed by atoms with Gasteiger partial charge in [-0.25, -0.2) is 0 Å². The first-order valence-electron chi connectivity index (χ1n) is 3.41. The van der Waals surface area contributed by atoms with E-state index in [4.69, 9.17) is 5.39 Å². The first-order valence-corrected chi connectivity index (χ1v) is 4.48.